The van der Waals surface area contributed by atoms with E-state index in [9.17, 15) is 5.26 Å². The zero-order valence-electron chi connectivity index (χ0n) is 16.6. The molecule has 0 unspecified atom stereocenters. The van der Waals surface area contributed by atoms with Gasteiger partial charge in [0.2, 0.25) is 0 Å². The van der Waals surface area contributed by atoms with Crippen LogP contribution in [0.4, 0.5) is 0 Å². The first-order valence-corrected chi connectivity index (χ1v) is 10.8. The molecule has 1 N–H and O–H groups in total. The minimum atomic E-state index is 0.386. The van der Waals surface area contributed by atoms with Gasteiger partial charge in [0.05, 0.1) is 29.5 Å². The molecule has 7 nitrogen and oxygen atoms in total. The van der Waals surface area contributed by atoms with Gasteiger partial charge in [0.25, 0.3) is 0 Å². The Balaban J connectivity index is 1.55. The standard InChI is InChI=1S/C22H21N7S/c1-15-4-5-21(25-9-15)30-20-7-16(13-29-22(20)17(8-23)10-27-29)18-11-26-28(14-18)19-3-2-6-24-12-19/h4-5,7,9-11,13-14,19,24H,2-3,6,12H2,1H3/t19-/m0/s1. The third kappa shape index (κ3) is 3.58. The van der Waals surface area contributed by atoms with Crippen LogP contribution in [0, 0.1) is 18.3 Å². The lowest BCUT2D eigenvalue weighted by molar-refractivity contribution is 0.347. The molecule has 30 heavy (non-hydrogen) atoms. The Morgan fingerprint density at radius 2 is 2.10 bits per heavy atom. The molecule has 8 heteroatoms. The van der Waals surface area contributed by atoms with E-state index in [1.165, 1.54) is 6.42 Å². The summed E-state index contributed by atoms with van der Waals surface area (Å²) in [5.41, 5.74) is 4.53. The molecule has 1 aliphatic rings. The van der Waals surface area contributed by atoms with Crippen LogP contribution in [0.2, 0.25) is 0 Å². The van der Waals surface area contributed by atoms with Crippen LogP contribution in [0.25, 0.3) is 16.6 Å². The van der Waals surface area contributed by atoms with Gasteiger partial charge in [0, 0.05) is 41.2 Å². The highest BCUT2D eigenvalue weighted by molar-refractivity contribution is 7.99. The molecule has 1 aliphatic heterocycles. The summed E-state index contributed by atoms with van der Waals surface area (Å²) in [7, 11) is 0. The van der Waals surface area contributed by atoms with Crippen LogP contribution >= 0.6 is 11.8 Å². The van der Waals surface area contributed by atoms with E-state index in [-0.39, 0.29) is 0 Å². The molecule has 0 saturated carbocycles. The van der Waals surface area contributed by atoms with Crippen LogP contribution in [-0.4, -0.2) is 37.5 Å². The molecule has 5 rings (SSSR count). The average Bonchev–Trinajstić information content (AvgIpc) is 3.43. The molecule has 1 atom stereocenters. The van der Waals surface area contributed by atoms with Crippen molar-refractivity contribution >= 4 is 17.3 Å². The van der Waals surface area contributed by atoms with Crippen molar-refractivity contribution in [1.29, 1.82) is 5.26 Å². The van der Waals surface area contributed by atoms with Gasteiger partial charge in [-0.15, -0.1) is 0 Å². The van der Waals surface area contributed by atoms with E-state index in [1.807, 2.05) is 37.6 Å². The van der Waals surface area contributed by atoms with Crippen molar-refractivity contribution in [3.63, 3.8) is 0 Å². The van der Waals surface area contributed by atoms with E-state index in [0.717, 1.165) is 51.6 Å². The number of nitrogens with one attached hydrogen (secondary N) is 1. The first-order valence-electron chi connectivity index (χ1n) is 9.98. The molecular formula is C22H21N7S. The summed E-state index contributed by atoms with van der Waals surface area (Å²) < 4.78 is 3.84. The number of rotatable bonds is 4. The Labute approximate surface area is 178 Å². The summed E-state index contributed by atoms with van der Waals surface area (Å²) >= 11 is 1.54. The highest BCUT2D eigenvalue weighted by Crippen LogP contribution is 2.35. The fourth-order valence-corrected chi connectivity index (χ4v) is 4.73. The van der Waals surface area contributed by atoms with E-state index in [2.05, 4.69) is 43.5 Å². The third-order valence-electron chi connectivity index (χ3n) is 5.38. The largest absolute Gasteiger partial charge is 0.315 e. The fourth-order valence-electron chi connectivity index (χ4n) is 3.78. The molecule has 0 aromatic carbocycles. The highest BCUT2D eigenvalue weighted by atomic mass is 32.2. The molecule has 5 heterocycles. The predicted octanol–water partition coefficient (Wildman–Crippen LogP) is 3.85. The summed E-state index contributed by atoms with van der Waals surface area (Å²) in [6.45, 7) is 4.05. The van der Waals surface area contributed by atoms with Crippen molar-refractivity contribution in [2.24, 2.45) is 0 Å². The Morgan fingerprint density at radius 3 is 2.87 bits per heavy atom. The maximum atomic E-state index is 9.54. The van der Waals surface area contributed by atoms with Crippen molar-refractivity contribution < 1.29 is 0 Å². The number of hydrogen-bond acceptors (Lipinski definition) is 6. The highest BCUT2D eigenvalue weighted by Gasteiger charge is 2.18. The molecule has 1 fully saturated rings. The number of pyridine rings is 2. The van der Waals surface area contributed by atoms with Gasteiger partial charge < -0.3 is 5.32 Å². The van der Waals surface area contributed by atoms with Crippen molar-refractivity contribution in [3.8, 4) is 17.2 Å². The molecule has 0 radical (unpaired) electrons. The van der Waals surface area contributed by atoms with E-state index in [0.29, 0.717) is 11.6 Å². The zero-order valence-corrected chi connectivity index (χ0v) is 17.4. The fraction of sp³-hybridized carbons (Fsp3) is 0.273. The SMILES string of the molecule is Cc1ccc(Sc2cc(-c3cnn([C@H]4CCCNC4)c3)cn3ncc(C#N)c23)nc1. The summed E-state index contributed by atoms with van der Waals surface area (Å²) in [6, 6.07) is 8.78. The summed E-state index contributed by atoms with van der Waals surface area (Å²) in [4.78, 5) is 5.46. The zero-order chi connectivity index (χ0) is 20.5. The first kappa shape index (κ1) is 18.9. The predicted molar refractivity (Wildman–Crippen MR) is 115 cm³/mol. The van der Waals surface area contributed by atoms with Crippen LogP contribution in [0.5, 0.6) is 0 Å². The minimum Gasteiger partial charge on any atom is -0.315 e. The number of aryl methyl sites for hydroxylation is 1. The quantitative estimate of drug-likeness (QED) is 0.545. The monoisotopic (exact) mass is 415 g/mol. The van der Waals surface area contributed by atoms with Gasteiger partial charge in [-0.2, -0.15) is 15.5 Å². The van der Waals surface area contributed by atoms with Gasteiger partial charge >= 0.3 is 0 Å². The normalized spacial score (nSPS) is 16.6. The lowest BCUT2D eigenvalue weighted by Crippen LogP contribution is -2.31. The smallest absolute Gasteiger partial charge is 0.103 e. The van der Waals surface area contributed by atoms with Crippen LogP contribution in [-0.2, 0) is 0 Å². The van der Waals surface area contributed by atoms with Gasteiger partial charge in [-0.05, 0) is 44.0 Å². The van der Waals surface area contributed by atoms with Crippen LogP contribution in [0.1, 0.15) is 30.0 Å². The second kappa shape index (κ2) is 7.94. The number of piperidine rings is 1. The van der Waals surface area contributed by atoms with Gasteiger partial charge in [0.1, 0.15) is 11.1 Å². The molecule has 1 saturated heterocycles. The maximum Gasteiger partial charge on any atom is 0.103 e. The Bertz CT molecular complexity index is 1230. The number of nitrogens with zero attached hydrogens (tertiary/aromatic N) is 6. The van der Waals surface area contributed by atoms with Crippen molar-refractivity contribution in [2.45, 2.75) is 35.7 Å². The Morgan fingerprint density at radius 1 is 1.17 bits per heavy atom. The van der Waals surface area contributed by atoms with Gasteiger partial charge in [-0.1, -0.05) is 17.8 Å². The average molecular weight is 416 g/mol. The molecule has 4 aromatic heterocycles. The second-order valence-corrected chi connectivity index (χ2v) is 8.60. The topological polar surface area (TPSA) is 83.8 Å². The number of nitriles is 1. The van der Waals surface area contributed by atoms with E-state index in [4.69, 9.17) is 0 Å². The van der Waals surface area contributed by atoms with E-state index >= 15 is 0 Å². The summed E-state index contributed by atoms with van der Waals surface area (Å²) in [6.07, 6.45) is 11.7. The molecule has 0 spiro atoms. The van der Waals surface area contributed by atoms with Crippen LogP contribution < -0.4 is 5.32 Å². The van der Waals surface area contributed by atoms with Crippen LogP contribution in [0.3, 0.4) is 0 Å². The van der Waals surface area contributed by atoms with Gasteiger partial charge in [-0.25, -0.2) is 9.50 Å². The molecule has 0 bridgehead atoms. The van der Waals surface area contributed by atoms with Crippen LogP contribution in [0.15, 0.2) is 59.1 Å². The van der Waals surface area contributed by atoms with Gasteiger partial charge in [-0.3, -0.25) is 4.68 Å². The van der Waals surface area contributed by atoms with E-state index < -0.39 is 0 Å². The van der Waals surface area contributed by atoms with E-state index in [1.54, 1.807) is 22.5 Å². The maximum absolute atomic E-state index is 9.54. The van der Waals surface area contributed by atoms with Crippen molar-refractivity contribution in [3.05, 3.63) is 60.3 Å². The lowest BCUT2D eigenvalue weighted by Gasteiger charge is -2.22. The number of fused-ring (bicyclic) bond motifs is 1. The second-order valence-electron chi connectivity index (χ2n) is 7.54. The van der Waals surface area contributed by atoms with Crippen molar-refractivity contribution in [1.82, 2.24) is 29.7 Å². The first-order chi connectivity index (χ1) is 14.7. The lowest BCUT2D eigenvalue weighted by atomic mass is 10.1. The molecular weight excluding hydrogens is 394 g/mol. The number of aromatic nitrogens is 5. The van der Waals surface area contributed by atoms with Crippen molar-refractivity contribution in [2.75, 3.05) is 13.1 Å². The Kier molecular flexibility index (Phi) is 4.99. The third-order valence-corrected chi connectivity index (χ3v) is 6.36. The Hall–Kier alpha value is -3.15. The minimum absolute atomic E-state index is 0.386. The summed E-state index contributed by atoms with van der Waals surface area (Å²) in [5, 5.41) is 22.9. The molecule has 4 aromatic rings. The molecule has 0 aliphatic carbocycles. The van der Waals surface area contributed by atoms with Gasteiger partial charge in [0.15, 0.2) is 0 Å². The molecule has 0 amide bonds. The molecule has 150 valence electrons. The summed E-state index contributed by atoms with van der Waals surface area (Å²) in [5.74, 6) is 0. The number of hydrogen-bond donors (Lipinski definition) is 1.